The van der Waals surface area contributed by atoms with Crippen LogP contribution in [0, 0.1) is 5.92 Å². The molecule has 0 aromatic carbocycles. The molecule has 0 radical (unpaired) electrons. The zero-order valence-corrected chi connectivity index (χ0v) is 10.4. The first-order chi connectivity index (χ1) is 8.38. The van der Waals surface area contributed by atoms with Crippen LogP contribution in [0.5, 0.6) is 0 Å². The van der Waals surface area contributed by atoms with Crippen LogP contribution >= 0.6 is 0 Å². The second kappa shape index (κ2) is 6.45. The summed E-state index contributed by atoms with van der Waals surface area (Å²) >= 11 is 0. The first-order valence-corrected chi connectivity index (χ1v) is 6.39. The minimum absolute atomic E-state index is 0.729. The maximum Gasteiger partial charge on any atom is 0.0547 e. The molecule has 1 aliphatic rings. The van der Waals surface area contributed by atoms with Gasteiger partial charge in [0, 0.05) is 26.3 Å². The van der Waals surface area contributed by atoms with Crippen molar-refractivity contribution in [2.45, 2.75) is 19.8 Å². The van der Waals surface area contributed by atoms with Crippen LogP contribution < -0.4 is 10.6 Å². The van der Waals surface area contributed by atoms with Crippen molar-refractivity contribution < 1.29 is 4.74 Å². The molecule has 1 fully saturated rings. The van der Waals surface area contributed by atoms with E-state index < -0.39 is 0 Å². The minimum atomic E-state index is 0.729. The standard InChI is InChI=1S/C13H21N3O/c1-2-15-12-7-13(9-14-8-12)16-5-3-11-4-6-17-10-11/h7-9,11,15-16H,2-6,10H2,1H3. The van der Waals surface area contributed by atoms with Crippen molar-refractivity contribution in [1.29, 1.82) is 0 Å². The highest BCUT2D eigenvalue weighted by atomic mass is 16.5. The molecule has 0 aliphatic carbocycles. The van der Waals surface area contributed by atoms with E-state index >= 15 is 0 Å². The highest BCUT2D eigenvalue weighted by Crippen LogP contribution is 2.17. The fourth-order valence-electron chi connectivity index (χ4n) is 2.07. The number of nitrogens with zero attached hydrogens (tertiary/aromatic N) is 1. The molecule has 1 unspecified atom stereocenters. The van der Waals surface area contributed by atoms with Crippen molar-refractivity contribution in [3.05, 3.63) is 18.5 Å². The van der Waals surface area contributed by atoms with Gasteiger partial charge in [-0.25, -0.2) is 0 Å². The fourth-order valence-corrected chi connectivity index (χ4v) is 2.07. The maximum absolute atomic E-state index is 5.36. The summed E-state index contributed by atoms with van der Waals surface area (Å²) in [5.41, 5.74) is 2.16. The number of rotatable bonds is 6. The first-order valence-electron chi connectivity index (χ1n) is 6.39. The summed E-state index contributed by atoms with van der Waals surface area (Å²) in [6.45, 7) is 5.86. The van der Waals surface area contributed by atoms with Crippen LogP contribution in [0.1, 0.15) is 19.8 Å². The molecule has 2 rings (SSSR count). The Hall–Kier alpha value is -1.29. The predicted molar refractivity (Wildman–Crippen MR) is 70.4 cm³/mol. The highest BCUT2D eigenvalue weighted by Gasteiger charge is 2.14. The summed E-state index contributed by atoms with van der Waals surface area (Å²) in [4.78, 5) is 4.20. The van der Waals surface area contributed by atoms with Gasteiger partial charge in [0.15, 0.2) is 0 Å². The first kappa shape index (κ1) is 12.2. The van der Waals surface area contributed by atoms with Gasteiger partial charge < -0.3 is 15.4 Å². The van der Waals surface area contributed by atoms with Gasteiger partial charge in [0.25, 0.3) is 0 Å². The van der Waals surface area contributed by atoms with Crippen LogP contribution in [0.15, 0.2) is 18.5 Å². The summed E-state index contributed by atoms with van der Waals surface area (Å²) in [6, 6.07) is 2.10. The third-order valence-electron chi connectivity index (χ3n) is 3.02. The topological polar surface area (TPSA) is 46.2 Å². The van der Waals surface area contributed by atoms with Gasteiger partial charge in [-0.2, -0.15) is 0 Å². The lowest BCUT2D eigenvalue weighted by atomic mass is 10.1. The molecule has 1 saturated heterocycles. The molecule has 1 atom stereocenters. The van der Waals surface area contributed by atoms with E-state index in [1.54, 1.807) is 0 Å². The van der Waals surface area contributed by atoms with Crippen molar-refractivity contribution in [1.82, 2.24) is 4.98 Å². The SMILES string of the molecule is CCNc1cncc(NCCC2CCOC2)c1. The molecule has 2 heterocycles. The van der Waals surface area contributed by atoms with Crippen LogP contribution in [-0.2, 0) is 4.74 Å². The molecule has 0 bridgehead atoms. The van der Waals surface area contributed by atoms with E-state index in [0.717, 1.165) is 43.6 Å². The maximum atomic E-state index is 5.36. The van der Waals surface area contributed by atoms with E-state index in [1.165, 1.54) is 12.8 Å². The van der Waals surface area contributed by atoms with Crippen molar-refractivity contribution >= 4 is 11.4 Å². The Bertz CT molecular complexity index is 337. The lowest BCUT2D eigenvalue weighted by molar-refractivity contribution is 0.185. The van der Waals surface area contributed by atoms with E-state index in [1.807, 2.05) is 12.4 Å². The monoisotopic (exact) mass is 235 g/mol. The van der Waals surface area contributed by atoms with Crippen molar-refractivity contribution in [3.8, 4) is 0 Å². The molecular formula is C13H21N3O. The molecule has 1 aliphatic heterocycles. The Morgan fingerprint density at radius 2 is 2.18 bits per heavy atom. The van der Waals surface area contributed by atoms with Gasteiger partial charge in [-0.1, -0.05) is 0 Å². The summed E-state index contributed by atoms with van der Waals surface area (Å²) in [6.07, 6.45) is 6.09. The normalized spacial score (nSPS) is 19.2. The number of ether oxygens (including phenoxy) is 1. The Balaban J connectivity index is 1.75. The van der Waals surface area contributed by atoms with Crippen LogP contribution in [0.3, 0.4) is 0 Å². The van der Waals surface area contributed by atoms with Gasteiger partial charge in [-0.05, 0) is 31.7 Å². The van der Waals surface area contributed by atoms with Crippen molar-refractivity contribution in [3.63, 3.8) is 0 Å². The molecule has 94 valence electrons. The van der Waals surface area contributed by atoms with Gasteiger partial charge >= 0.3 is 0 Å². The van der Waals surface area contributed by atoms with Crippen molar-refractivity contribution in [2.75, 3.05) is 36.9 Å². The highest BCUT2D eigenvalue weighted by molar-refractivity contribution is 5.53. The number of nitrogens with one attached hydrogen (secondary N) is 2. The molecular weight excluding hydrogens is 214 g/mol. The largest absolute Gasteiger partial charge is 0.384 e. The van der Waals surface area contributed by atoms with Gasteiger partial charge in [0.1, 0.15) is 0 Å². The lowest BCUT2D eigenvalue weighted by Gasteiger charge is -2.10. The summed E-state index contributed by atoms with van der Waals surface area (Å²) in [5, 5.41) is 6.67. The predicted octanol–water partition coefficient (Wildman–Crippen LogP) is 2.35. The van der Waals surface area contributed by atoms with Gasteiger partial charge in [-0.15, -0.1) is 0 Å². The van der Waals surface area contributed by atoms with E-state index in [-0.39, 0.29) is 0 Å². The summed E-state index contributed by atoms with van der Waals surface area (Å²) < 4.78 is 5.36. The smallest absolute Gasteiger partial charge is 0.0547 e. The Morgan fingerprint density at radius 1 is 1.35 bits per heavy atom. The van der Waals surface area contributed by atoms with E-state index in [9.17, 15) is 0 Å². The zero-order valence-electron chi connectivity index (χ0n) is 10.4. The second-order valence-electron chi connectivity index (χ2n) is 4.44. The van der Waals surface area contributed by atoms with Crippen LogP contribution in [-0.4, -0.2) is 31.3 Å². The lowest BCUT2D eigenvalue weighted by Crippen LogP contribution is -2.09. The number of pyridine rings is 1. The summed E-state index contributed by atoms with van der Waals surface area (Å²) in [5.74, 6) is 0.729. The molecule has 0 saturated carbocycles. The van der Waals surface area contributed by atoms with Gasteiger partial charge in [0.05, 0.1) is 23.8 Å². The third kappa shape index (κ3) is 3.89. The third-order valence-corrected chi connectivity index (χ3v) is 3.02. The van der Waals surface area contributed by atoms with Crippen molar-refractivity contribution in [2.24, 2.45) is 5.92 Å². The Morgan fingerprint density at radius 3 is 2.88 bits per heavy atom. The zero-order chi connectivity index (χ0) is 11.9. The second-order valence-corrected chi connectivity index (χ2v) is 4.44. The van der Waals surface area contributed by atoms with Crippen LogP contribution in [0.25, 0.3) is 0 Å². The molecule has 1 aromatic rings. The average molecular weight is 235 g/mol. The Kier molecular flexibility index (Phi) is 4.62. The molecule has 2 N–H and O–H groups in total. The molecule has 17 heavy (non-hydrogen) atoms. The molecule has 4 nitrogen and oxygen atoms in total. The number of hydrogen-bond acceptors (Lipinski definition) is 4. The Labute approximate surface area is 103 Å². The van der Waals surface area contributed by atoms with Gasteiger partial charge in [-0.3, -0.25) is 4.98 Å². The number of aromatic nitrogens is 1. The number of anilines is 2. The van der Waals surface area contributed by atoms with Crippen LogP contribution in [0.2, 0.25) is 0 Å². The molecule has 0 spiro atoms. The summed E-state index contributed by atoms with van der Waals surface area (Å²) in [7, 11) is 0. The molecule has 4 heteroatoms. The van der Waals surface area contributed by atoms with E-state index in [2.05, 4.69) is 28.6 Å². The fraction of sp³-hybridized carbons (Fsp3) is 0.615. The van der Waals surface area contributed by atoms with Gasteiger partial charge in [0.2, 0.25) is 0 Å². The van der Waals surface area contributed by atoms with E-state index in [4.69, 9.17) is 4.74 Å². The van der Waals surface area contributed by atoms with Crippen LogP contribution in [0.4, 0.5) is 11.4 Å². The minimum Gasteiger partial charge on any atom is -0.384 e. The van der Waals surface area contributed by atoms with E-state index in [0.29, 0.717) is 0 Å². The quantitative estimate of drug-likeness (QED) is 0.794. The molecule has 1 aromatic heterocycles. The molecule has 0 amide bonds. The number of hydrogen-bond donors (Lipinski definition) is 2. The average Bonchev–Trinajstić information content (AvgIpc) is 2.83.